The molecule has 1 aliphatic rings. The van der Waals surface area contributed by atoms with E-state index in [2.05, 4.69) is 45.6 Å². The van der Waals surface area contributed by atoms with Crippen molar-refractivity contribution >= 4 is 17.5 Å². The van der Waals surface area contributed by atoms with Crippen LogP contribution in [-0.2, 0) is 0 Å². The molecule has 0 bridgehead atoms. The van der Waals surface area contributed by atoms with Crippen LogP contribution in [0.4, 0.5) is 5.69 Å². The lowest BCUT2D eigenvalue weighted by Crippen LogP contribution is -2.47. The van der Waals surface area contributed by atoms with Crippen molar-refractivity contribution in [2.45, 2.75) is 40.2 Å². The normalized spacial score (nSPS) is 16.5. The standard InChI is InChI=1S/C18H25NO2/c1-12(2)10-19-17-15(13(3)9-18(19,4)5)7-14(11-20)8-16(17)21-6/h7-9,11-12H,10H2,1-6H3. The van der Waals surface area contributed by atoms with Crippen molar-refractivity contribution < 1.29 is 9.53 Å². The maximum atomic E-state index is 11.2. The number of aldehydes is 1. The number of fused-ring (bicyclic) bond motifs is 1. The summed E-state index contributed by atoms with van der Waals surface area (Å²) < 4.78 is 5.58. The zero-order valence-corrected chi connectivity index (χ0v) is 13.9. The first kappa shape index (κ1) is 15.6. The van der Waals surface area contributed by atoms with Crippen LogP contribution in [0, 0.1) is 5.92 Å². The fourth-order valence-electron chi connectivity index (χ4n) is 3.10. The molecule has 2 rings (SSSR count). The fourth-order valence-corrected chi connectivity index (χ4v) is 3.10. The van der Waals surface area contributed by atoms with Crippen LogP contribution in [0.3, 0.4) is 0 Å². The van der Waals surface area contributed by atoms with Crippen molar-refractivity contribution in [2.24, 2.45) is 5.92 Å². The maximum Gasteiger partial charge on any atom is 0.150 e. The van der Waals surface area contributed by atoms with E-state index in [4.69, 9.17) is 4.74 Å². The maximum absolute atomic E-state index is 11.2. The molecule has 0 N–H and O–H groups in total. The topological polar surface area (TPSA) is 29.5 Å². The third-order valence-electron chi connectivity index (χ3n) is 3.96. The van der Waals surface area contributed by atoms with Crippen LogP contribution in [0.5, 0.6) is 5.75 Å². The molecule has 0 aliphatic carbocycles. The molecule has 0 spiro atoms. The molecule has 0 aromatic heterocycles. The van der Waals surface area contributed by atoms with Gasteiger partial charge in [0, 0.05) is 17.7 Å². The number of carbonyl (C=O) groups is 1. The second kappa shape index (κ2) is 5.55. The number of nitrogens with zero attached hydrogens (tertiary/aromatic N) is 1. The number of rotatable bonds is 4. The van der Waals surface area contributed by atoms with Gasteiger partial charge in [0.05, 0.1) is 18.3 Å². The highest BCUT2D eigenvalue weighted by molar-refractivity contribution is 5.89. The van der Waals surface area contributed by atoms with Gasteiger partial charge < -0.3 is 9.64 Å². The first-order valence-electron chi connectivity index (χ1n) is 7.45. The molecule has 21 heavy (non-hydrogen) atoms. The van der Waals surface area contributed by atoms with Crippen LogP contribution in [0.25, 0.3) is 5.57 Å². The van der Waals surface area contributed by atoms with Crippen LogP contribution in [0.1, 0.15) is 50.5 Å². The number of hydrogen-bond acceptors (Lipinski definition) is 3. The highest BCUT2D eigenvalue weighted by atomic mass is 16.5. The average molecular weight is 287 g/mol. The van der Waals surface area contributed by atoms with Crippen LogP contribution in [0.15, 0.2) is 18.2 Å². The van der Waals surface area contributed by atoms with Crippen molar-refractivity contribution in [3.63, 3.8) is 0 Å². The van der Waals surface area contributed by atoms with Gasteiger partial charge in [-0.25, -0.2) is 0 Å². The molecule has 1 aromatic carbocycles. The van der Waals surface area contributed by atoms with E-state index in [0.29, 0.717) is 11.5 Å². The monoisotopic (exact) mass is 287 g/mol. The molecule has 0 saturated heterocycles. The molecule has 1 aliphatic heterocycles. The number of benzene rings is 1. The third kappa shape index (κ3) is 2.82. The molecular weight excluding hydrogens is 262 g/mol. The molecule has 0 atom stereocenters. The fraction of sp³-hybridized carbons (Fsp3) is 0.500. The Balaban J connectivity index is 2.70. The van der Waals surface area contributed by atoms with E-state index >= 15 is 0 Å². The van der Waals surface area contributed by atoms with E-state index in [0.717, 1.165) is 29.8 Å². The molecule has 1 heterocycles. The number of allylic oxidation sites excluding steroid dienone is 1. The lowest BCUT2D eigenvalue weighted by atomic mass is 9.87. The number of ether oxygens (including phenoxy) is 1. The summed E-state index contributed by atoms with van der Waals surface area (Å²) in [7, 11) is 1.67. The van der Waals surface area contributed by atoms with E-state index in [1.165, 1.54) is 5.57 Å². The van der Waals surface area contributed by atoms with Gasteiger partial charge >= 0.3 is 0 Å². The molecule has 0 radical (unpaired) electrons. The summed E-state index contributed by atoms with van der Waals surface area (Å²) in [5.41, 5.74) is 3.97. The minimum Gasteiger partial charge on any atom is -0.495 e. The first-order chi connectivity index (χ1) is 9.80. The summed E-state index contributed by atoms with van der Waals surface area (Å²) in [5.74, 6) is 1.31. The zero-order valence-electron chi connectivity index (χ0n) is 13.9. The molecule has 0 fully saturated rings. The van der Waals surface area contributed by atoms with Crippen LogP contribution >= 0.6 is 0 Å². The van der Waals surface area contributed by atoms with Gasteiger partial charge in [0.1, 0.15) is 12.0 Å². The Morgan fingerprint density at radius 2 is 2.00 bits per heavy atom. The highest BCUT2D eigenvalue weighted by Crippen LogP contribution is 2.45. The predicted molar refractivity (Wildman–Crippen MR) is 88.3 cm³/mol. The number of methoxy groups -OCH3 is 1. The zero-order chi connectivity index (χ0) is 15.8. The van der Waals surface area contributed by atoms with E-state index in [9.17, 15) is 4.79 Å². The predicted octanol–water partition coefficient (Wildman–Crippen LogP) is 4.17. The summed E-state index contributed by atoms with van der Waals surface area (Å²) in [4.78, 5) is 13.5. The smallest absolute Gasteiger partial charge is 0.150 e. The van der Waals surface area contributed by atoms with Gasteiger partial charge in [0.2, 0.25) is 0 Å². The van der Waals surface area contributed by atoms with Crippen molar-refractivity contribution in [3.05, 3.63) is 29.3 Å². The molecular formula is C18H25NO2. The molecule has 3 nitrogen and oxygen atoms in total. The molecule has 0 amide bonds. The molecule has 0 saturated carbocycles. The summed E-state index contributed by atoms with van der Waals surface area (Å²) >= 11 is 0. The van der Waals surface area contributed by atoms with Gasteiger partial charge in [-0.05, 0) is 44.4 Å². The Hall–Kier alpha value is -1.77. The van der Waals surface area contributed by atoms with Crippen molar-refractivity contribution in [1.29, 1.82) is 0 Å². The first-order valence-corrected chi connectivity index (χ1v) is 7.45. The van der Waals surface area contributed by atoms with E-state index in [-0.39, 0.29) is 5.54 Å². The molecule has 1 aromatic rings. The number of carbonyl (C=O) groups excluding carboxylic acids is 1. The molecule has 3 heteroatoms. The second-order valence-electron chi connectivity index (χ2n) is 6.72. The lowest BCUT2D eigenvalue weighted by Gasteiger charge is -2.44. The van der Waals surface area contributed by atoms with Gasteiger partial charge in [0.25, 0.3) is 0 Å². The third-order valence-corrected chi connectivity index (χ3v) is 3.96. The lowest BCUT2D eigenvalue weighted by molar-refractivity contribution is 0.112. The summed E-state index contributed by atoms with van der Waals surface area (Å²) in [6, 6.07) is 3.78. The quantitative estimate of drug-likeness (QED) is 0.779. The minimum absolute atomic E-state index is 0.0721. The highest BCUT2D eigenvalue weighted by Gasteiger charge is 2.34. The Bertz CT molecular complexity index is 585. The summed E-state index contributed by atoms with van der Waals surface area (Å²) in [6.45, 7) is 11.9. The Kier molecular flexibility index (Phi) is 4.13. The number of hydrogen-bond donors (Lipinski definition) is 0. The van der Waals surface area contributed by atoms with Gasteiger partial charge in [0.15, 0.2) is 0 Å². The SMILES string of the molecule is COc1cc(C=O)cc2c1N(CC(C)C)C(C)(C)C=C2C. The summed E-state index contributed by atoms with van der Waals surface area (Å²) in [5, 5.41) is 0. The van der Waals surface area contributed by atoms with Crippen LogP contribution in [0.2, 0.25) is 0 Å². The van der Waals surface area contributed by atoms with Crippen molar-refractivity contribution in [3.8, 4) is 5.75 Å². The Labute approximate surface area is 127 Å². The Morgan fingerprint density at radius 1 is 1.33 bits per heavy atom. The van der Waals surface area contributed by atoms with Gasteiger partial charge in [-0.1, -0.05) is 19.9 Å². The second-order valence-corrected chi connectivity index (χ2v) is 6.72. The van der Waals surface area contributed by atoms with Gasteiger partial charge in [-0.3, -0.25) is 4.79 Å². The Morgan fingerprint density at radius 3 is 2.52 bits per heavy atom. The molecule has 114 valence electrons. The average Bonchev–Trinajstić information content (AvgIpc) is 2.41. The van der Waals surface area contributed by atoms with Crippen molar-refractivity contribution in [2.75, 3.05) is 18.6 Å². The largest absolute Gasteiger partial charge is 0.495 e. The summed E-state index contributed by atoms with van der Waals surface area (Å²) in [6.07, 6.45) is 3.15. The van der Waals surface area contributed by atoms with E-state index in [1.807, 2.05) is 12.1 Å². The minimum atomic E-state index is -0.0721. The number of anilines is 1. The van der Waals surface area contributed by atoms with Gasteiger partial charge in [-0.15, -0.1) is 0 Å². The molecule has 0 unspecified atom stereocenters. The van der Waals surface area contributed by atoms with Crippen LogP contribution in [-0.4, -0.2) is 25.5 Å². The van der Waals surface area contributed by atoms with Crippen molar-refractivity contribution in [1.82, 2.24) is 0 Å². The van der Waals surface area contributed by atoms with E-state index in [1.54, 1.807) is 7.11 Å². The van der Waals surface area contributed by atoms with Crippen LogP contribution < -0.4 is 9.64 Å². The van der Waals surface area contributed by atoms with E-state index < -0.39 is 0 Å². The van der Waals surface area contributed by atoms with Gasteiger partial charge in [-0.2, -0.15) is 0 Å².